The highest BCUT2D eigenvalue weighted by Gasteiger charge is 2.29. The fourth-order valence-electron chi connectivity index (χ4n) is 1.20. The molecular formula is C12H20N2O2S. The molecule has 0 heterocycles. The van der Waals surface area contributed by atoms with Gasteiger partial charge in [-0.3, -0.25) is 4.72 Å². The van der Waals surface area contributed by atoms with Crippen LogP contribution in [0, 0.1) is 6.92 Å². The van der Waals surface area contributed by atoms with Crippen molar-refractivity contribution in [2.24, 2.45) is 5.73 Å². The summed E-state index contributed by atoms with van der Waals surface area (Å²) in [5.74, 6) is 0. The zero-order valence-electron chi connectivity index (χ0n) is 10.7. The zero-order chi connectivity index (χ0) is 13.3. The maximum Gasteiger partial charge on any atom is 0.237 e. The molecule has 96 valence electrons. The Hall–Kier alpha value is -1.07. The van der Waals surface area contributed by atoms with Crippen LogP contribution in [0.25, 0.3) is 0 Å². The highest BCUT2D eigenvalue weighted by atomic mass is 32.2. The standard InChI is InChI=1S/C12H20N2O2S/c1-9-5-6-10(8-13)7-11(9)14-17(15,16)12(2,3)4/h5-7,14H,8,13H2,1-4H3. The summed E-state index contributed by atoms with van der Waals surface area (Å²) in [4.78, 5) is 0. The van der Waals surface area contributed by atoms with E-state index in [1.54, 1.807) is 26.8 Å². The monoisotopic (exact) mass is 256 g/mol. The third-order valence-electron chi connectivity index (χ3n) is 2.59. The van der Waals surface area contributed by atoms with Gasteiger partial charge in [-0.1, -0.05) is 12.1 Å². The molecule has 1 aromatic rings. The SMILES string of the molecule is Cc1ccc(CN)cc1NS(=O)(=O)C(C)(C)C. The van der Waals surface area contributed by atoms with Crippen LogP contribution in [0.5, 0.6) is 0 Å². The third-order valence-corrected chi connectivity index (χ3v) is 4.69. The first-order valence-corrected chi connectivity index (χ1v) is 6.97. The molecule has 4 nitrogen and oxygen atoms in total. The minimum atomic E-state index is -3.39. The summed E-state index contributed by atoms with van der Waals surface area (Å²) in [7, 11) is -3.39. The molecule has 0 saturated carbocycles. The lowest BCUT2D eigenvalue weighted by molar-refractivity contribution is 0.566. The molecule has 0 aliphatic heterocycles. The lowest BCUT2D eigenvalue weighted by atomic mass is 10.1. The van der Waals surface area contributed by atoms with Gasteiger partial charge in [0.1, 0.15) is 0 Å². The third kappa shape index (κ3) is 3.20. The minimum absolute atomic E-state index is 0.393. The van der Waals surface area contributed by atoms with Crippen molar-refractivity contribution in [1.82, 2.24) is 0 Å². The molecule has 3 N–H and O–H groups in total. The molecule has 1 aromatic carbocycles. The lowest BCUT2D eigenvalue weighted by Crippen LogP contribution is -2.33. The Kier molecular flexibility index (Phi) is 3.84. The van der Waals surface area contributed by atoms with Crippen molar-refractivity contribution >= 4 is 15.7 Å². The second-order valence-corrected chi connectivity index (χ2v) is 7.51. The van der Waals surface area contributed by atoms with Crippen molar-refractivity contribution in [3.8, 4) is 0 Å². The normalized spacial score (nSPS) is 12.5. The van der Waals surface area contributed by atoms with Gasteiger partial charge in [0.15, 0.2) is 0 Å². The fraction of sp³-hybridized carbons (Fsp3) is 0.500. The summed E-state index contributed by atoms with van der Waals surface area (Å²) in [6, 6.07) is 5.53. The van der Waals surface area contributed by atoms with Crippen LogP contribution >= 0.6 is 0 Å². The first-order chi connectivity index (χ1) is 7.67. The Bertz CT molecular complexity index is 502. The van der Waals surface area contributed by atoms with Gasteiger partial charge in [-0.15, -0.1) is 0 Å². The molecule has 0 saturated heterocycles. The Morgan fingerprint density at radius 2 is 1.88 bits per heavy atom. The molecule has 0 atom stereocenters. The topological polar surface area (TPSA) is 72.2 Å². The first-order valence-electron chi connectivity index (χ1n) is 5.49. The summed E-state index contributed by atoms with van der Waals surface area (Å²) in [6.45, 7) is 7.25. The number of anilines is 1. The van der Waals surface area contributed by atoms with Gasteiger partial charge in [0.2, 0.25) is 10.0 Å². The molecule has 0 spiro atoms. The fourth-order valence-corrected chi connectivity index (χ4v) is 2.02. The molecule has 1 rings (SSSR count). The van der Waals surface area contributed by atoms with E-state index < -0.39 is 14.8 Å². The van der Waals surface area contributed by atoms with Crippen LogP contribution in [0.3, 0.4) is 0 Å². The van der Waals surface area contributed by atoms with Gasteiger partial charge in [-0.05, 0) is 44.9 Å². The number of hydrogen-bond donors (Lipinski definition) is 2. The molecule has 0 unspecified atom stereocenters. The predicted molar refractivity (Wildman–Crippen MR) is 71.4 cm³/mol. The van der Waals surface area contributed by atoms with Crippen molar-refractivity contribution in [2.75, 3.05) is 4.72 Å². The lowest BCUT2D eigenvalue weighted by Gasteiger charge is -2.21. The number of rotatable bonds is 3. The summed E-state index contributed by atoms with van der Waals surface area (Å²) in [5.41, 5.74) is 7.93. The Morgan fingerprint density at radius 3 is 2.35 bits per heavy atom. The number of nitrogens with one attached hydrogen (secondary N) is 1. The van der Waals surface area contributed by atoms with Gasteiger partial charge in [0.25, 0.3) is 0 Å². The average molecular weight is 256 g/mol. The summed E-state index contributed by atoms with van der Waals surface area (Å²) >= 11 is 0. The quantitative estimate of drug-likeness (QED) is 0.868. The van der Waals surface area contributed by atoms with E-state index in [-0.39, 0.29) is 0 Å². The highest BCUT2D eigenvalue weighted by Crippen LogP contribution is 2.23. The molecule has 0 aliphatic carbocycles. The molecule has 0 bridgehead atoms. The molecule has 5 heteroatoms. The van der Waals surface area contributed by atoms with Crippen molar-refractivity contribution in [2.45, 2.75) is 39.0 Å². The average Bonchev–Trinajstić information content (AvgIpc) is 2.19. The van der Waals surface area contributed by atoms with Gasteiger partial charge in [-0.25, -0.2) is 8.42 Å². The van der Waals surface area contributed by atoms with Crippen LogP contribution in [0.2, 0.25) is 0 Å². The van der Waals surface area contributed by atoms with Gasteiger partial charge < -0.3 is 5.73 Å². The Labute approximate surface area is 103 Å². The van der Waals surface area contributed by atoms with Crippen LogP contribution in [0.15, 0.2) is 18.2 Å². The van der Waals surface area contributed by atoms with Crippen LogP contribution in [-0.2, 0) is 16.6 Å². The Morgan fingerprint density at radius 1 is 1.29 bits per heavy atom. The predicted octanol–water partition coefficient (Wildman–Crippen LogP) is 1.99. The van der Waals surface area contributed by atoms with E-state index >= 15 is 0 Å². The van der Waals surface area contributed by atoms with E-state index in [4.69, 9.17) is 5.73 Å². The summed E-state index contributed by atoms with van der Waals surface area (Å²) < 4.78 is 25.8. The zero-order valence-corrected chi connectivity index (χ0v) is 11.6. The van der Waals surface area contributed by atoms with E-state index in [9.17, 15) is 8.42 Å². The molecule has 0 amide bonds. The van der Waals surface area contributed by atoms with Crippen molar-refractivity contribution in [1.29, 1.82) is 0 Å². The van der Waals surface area contributed by atoms with Crippen LogP contribution in [0.1, 0.15) is 31.9 Å². The summed E-state index contributed by atoms with van der Waals surface area (Å²) in [5, 5.41) is 0. The van der Waals surface area contributed by atoms with Crippen LogP contribution < -0.4 is 10.5 Å². The van der Waals surface area contributed by atoms with Gasteiger partial charge in [-0.2, -0.15) is 0 Å². The van der Waals surface area contributed by atoms with E-state index in [0.29, 0.717) is 12.2 Å². The van der Waals surface area contributed by atoms with Crippen molar-refractivity contribution in [3.63, 3.8) is 0 Å². The minimum Gasteiger partial charge on any atom is -0.326 e. The van der Waals surface area contributed by atoms with Gasteiger partial charge in [0, 0.05) is 6.54 Å². The first kappa shape index (κ1) is 14.0. The van der Waals surface area contributed by atoms with Crippen LogP contribution in [-0.4, -0.2) is 13.2 Å². The molecule has 0 aliphatic rings. The van der Waals surface area contributed by atoms with Gasteiger partial charge >= 0.3 is 0 Å². The smallest absolute Gasteiger partial charge is 0.237 e. The molecule has 0 aromatic heterocycles. The number of benzene rings is 1. The second-order valence-electron chi connectivity index (χ2n) is 5.07. The second kappa shape index (κ2) is 4.66. The summed E-state index contributed by atoms with van der Waals surface area (Å²) in [6.07, 6.45) is 0. The number of aryl methyl sites for hydroxylation is 1. The van der Waals surface area contributed by atoms with E-state index in [2.05, 4.69) is 4.72 Å². The Balaban J connectivity index is 3.12. The largest absolute Gasteiger partial charge is 0.326 e. The molecule has 0 radical (unpaired) electrons. The molecule has 17 heavy (non-hydrogen) atoms. The van der Waals surface area contributed by atoms with E-state index in [1.165, 1.54) is 0 Å². The molecule has 0 fully saturated rings. The number of hydrogen-bond acceptors (Lipinski definition) is 3. The van der Waals surface area contributed by atoms with Crippen molar-refractivity contribution < 1.29 is 8.42 Å². The number of nitrogens with two attached hydrogens (primary N) is 1. The maximum absolute atomic E-state index is 12.0. The van der Waals surface area contributed by atoms with Crippen LogP contribution in [0.4, 0.5) is 5.69 Å². The van der Waals surface area contributed by atoms with Gasteiger partial charge in [0.05, 0.1) is 10.4 Å². The highest BCUT2D eigenvalue weighted by molar-refractivity contribution is 7.94. The molecular weight excluding hydrogens is 236 g/mol. The van der Waals surface area contributed by atoms with E-state index in [0.717, 1.165) is 11.1 Å². The number of sulfonamides is 1. The van der Waals surface area contributed by atoms with E-state index in [1.807, 2.05) is 19.1 Å². The maximum atomic E-state index is 12.0. The van der Waals surface area contributed by atoms with Crippen molar-refractivity contribution in [3.05, 3.63) is 29.3 Å².